The maximum atomic E-state index is 9.24. The molecular formula is C26H27N3O3S. The predicted octanol–water partition coefficient (Wildman–Crippen LogP) is 6.37. The van der Waals surface area contributed by atoms with Crippen LogP contribution >= 0.6 is 11.8 Å². The zero-order chi connectivity index (χ0) is 22.9. The standard InChI is InChI=1S/C26H27N3O3S/c1-19-23(28-29-27)24(30-17-20-11-5-2-6-12-20)25(31-18-21-13-7-3-8-14-21)26(32-19)33-22-15-9-4-10-16-22/h2-16,19,23-26H,17-18H2,1H3/t19-,23-,24+,25-,26+/m1/s1. The summed E-state index contributed by atoms with van der Waals surface area (Å²) in [7, 11) is 0. The van der Waals surface area contributed by atoms with Crippen molar-refractivity contribution >= 4 is 11.8 Å². The van der Waals surface area contributed by atoms with Crippen molar-refractivity contribution in [3.63, 3.8) is 0 Å². The molecule has 1 fully saturated rings. The summed E-state index contributed by atoms with van der Waals surface area (Å²) in [6.45, 7) is 2.72. The summed E-state index contributed by atoms with van der Waals surface area (Å²) in [5.74, 6) is 0. The fraction of sp³-hybridized carbons (Fsp3) is 0.308. The van der Waals surface area contributed by atoms with Crippen LogP contribution < -0.4 is 0 Å². The number of hydrogen-bond donors (Lipinski definition) is 0. The highest BCUT2D eigenvalue weighted by Crippen LogP contribution is 2.37. The molecule has 0 radical (unpaired) electrons. The lowest BCUT2D eigenvalue weighted by Crippen LogP contribution is -2.56. The molecule has 3 aromatic rings. The first kappa shape index (κ1) is 23.4. The molecule has 0 spiro atoms. The van der Waals surface area contributed by atoms with Gasteiger partial charge in [-0.25, -0.2) is 0 Å². The zero-order valence-electron chi connectivity index (χ0n) is 18.4. The van der Waals surface area contributed by atoms with Crippen molar-refractivity contribution in [2.45, 2.75) is 54.8 Å². The molecule has 0 unspecified atom stereocenters. The summed E-state index contributed by atoms with van der Waals surface area (Å²) in [5.41, 5.74) is 11.0. The molecule has 1 aliphatic heterocycles. The summed E-state index contributed by atoms with van der Waals surface area (Å²) < 4.78 is 19.1. The van der Waals surface area contributed by atoms with E-state index in [0.717, 1.165) is 16.0 Å². The predicted molar refractivity (Wildman–Crippen MR) is 130 cm³/mol. The van der Waals surface area contributed by atoms with Crippen LogP contribution in [-0.4, -0.2) is 29.8 Å². The third-order valence-electron chi connectivity index (χ3n) is 5.51. The third kappa shape index (κ3) is 6.38. The van der Waals surface area contributed by atoms with Gasteiger partial charge in [0.2, 0.25) is 0 Å². The number of benzene rings is 3. The fourth-order valence-corrected chi connectivity index (χ4v) is 5.01. The van der Waals surface area contributed by atoms with E-state index in [4.69, 9.17) is 14.2 Å². The zero-order valence-corrected chi connectivity index (χ0v) is 19.3. The number of nitrogens with zero attached hydrogens (tertiary/aromatic N) is 3. The van der Waals surface area contributed by atoms with Gasteiger partial charge in [-0.15, -0.1) is 0 Å². The number of thioether (sulfide) groups is 1. The molecular weight excluding hydrogens is 434 g/mol. The Morgan fingerprint density at radius 3 is 1.88 bits per heavy atom. The van der Waals surface area contributed by atoms with Crippen molar-refractivity contribution in [1.29, 1.82) is 0 Å². The highest BCUT2D eigenvalue weighted by atomic mass is 32.2. The van der Waals surface area contributed by atoms with Crippen LogP contribution in [0.25, 0.3) is 10.4 Å². The van der Waals surface area contributed by atoms with Gasteiger partial charge in [-0.1, -0.05) is 95.7 Å². The Labute approximate surface area is 198 Å². The van der Waals surface area contributed by atoms with Gasteiger partial charge in [0.1, 0.15) is 11.5 Å². The quantitative estimate of drug-likeness (QED) is 0.211. The summed E-state index contributed by atoms with van der Waals surface area (Å²) >= 11 is 1.60. The minimum absolute atomic E-state index is 0.320. The van der Waals surface area contributed by atoms with E-state index in [-0.39, 0.29) is 11.5 Å². The topological polar surface area (TPSA) is 76.5 Å². The van der Waals surface area contributed by atoms with Crippen LogP contribution in [0.4, 0.5) is 0 Å². The molecule has 4 rings (SSSR count). The average molecular weight is 462 g/mol. The molecule has 1 saturated heterocycles. The number of rotatable bonds is 9. The Kier molecular flexibility index (Phi) is 8.41. The van der Waals surface area contributed by atoms with Gasteiger partial charge in [-0.05, 0) is 35.7 Å². The molecule has 1 aliphatic rings. The van der Waals surface area contributed by atoms with Crippen LogP contribution in [0.5, 0.6) is 0 Å². The number of hydrogen-bond acceptors (Lipinski definition) is 5. The van der Waals surface area contributed by atoms with E-state index in [0.29, 0.717) is 13.2 Å². The Bertz CT molecular complexity index is 1030. The van der Waals surface area contributed by atoms with Crippen LogP contribution in [-0.2, 0) is 27.4 Å². The second-order valence-electron chi connectivity index (χ2n) is 7.86. The van der Waals surface area contributed by atoms with E-state index in [2.05, 4.69) is 10.0 Å². The Balaban J connectivity index is 1.60. The molecule has 0 bridgehead atoms. The Morgan fingerprint density at radius 2 is 1.33 bits per heavy atom. The van der Waals surface area contributed by atoms with Crippen molar-refractivity contribution in [2.24, 2.45) is 5.11 Å². The van der Waals surface area contributed by atoms with E-state index >= 15 is 0 Å². The second-order valence-corrected chi connectivity index (χ2v) is 9.03. The highest BCUT2D eigenvalue weighted by molar-refractivity contribution is 7.99. The van der Waals surface area contributed by atoms with Crippen LogP contribution in [0.1, 0.15) is 18.1 Å². The molecule has 1 heterocycles. The van der Waals surface area contributed by atoms with Gasteiger partial charge in [0.15, 0.2) is 0 Å². The molecule has 0 aromatic heterocycles. The monoisotopic (exact) mass is 461 g/mol. The van der Waals surface area contributed by atoms with Crippen LogP contribution in [0.3, 0.4) is 0 Å². The molecule has 5 atom stereocenters. The lowest BCUT2D eigenvalue weighted by molar-refractivity contribution is -0.187. The van der Waals surface area contributed by atoms with Crippen molar-refractivity contribution in [1.82, 2.24) is 0 Å². The van der Waals surface area contributed by atoms with Gasteiger partial charge in [-0.3, -0.25) is 0 Å². The number of ether oxygens (including phenoxy) is 3. The molecule has 170 valence electrons. The lowest BCUT2D eigenvalue weighted by atomic mass is 9.98. The molecule has 0 N–H and O–H groups in total. The maximum absolute atomic E-state index is 9.24. The van der Waals surface area contributed by atoms with Gasteiger partial charge >= 0.3 is 0 Å². The molecule has 3 aromatic carbocycles. The fourth-order valence-electron chi connectivity index (χ4n) is 3.83. The van der Waals surface area contributed by atoms with Crippen molar-refractivity contribution < 1.29 is 14.2 Å². The number of azide groups is 1. The first-order chi connectivity index (χ1) is 16.2. The van der Waals surface area contributed by atoms with E-state index in [1.54, 1.807) is 11.8 Å². The van der Waals surface area contributed by atoms with Crippen LogP contribution in [0, 0.1) is 0 Å². The van der Waals surface area contributed by atoms with Gasteiger partial charge in [0.05, 0.1) is 31.5 Å². The minimum atomic E-state index is -0.507. The van der Waals surface area contributed by atoms with E-state index in [1.807, 2.05) is 97.9 Å². The third-order valence-corrected chi connectivity index (χ3v) is 6.67. The Hall–Kier alpha value is -2.80. The summed E-state index contributed by atoms with van der Waals surface area (Å²) in [5, 5.41) is 4.05. The van der Waals surface area contributed by atoms with Crippen LogP contribution in [0.15, 0.2) is 101 Å². The van der Waals surface area contributed by atoms with Gasteiger partial charge in [-0.2, -0.15) is 0 Å². The van der Waals surface area contributed by atoms with Crippen molar-refractivity contribution in [3.8, 4) is 0 Å². The molecule has 33 heavy (non-hydrogen) atoms. The molecule has 0 saturated carbocycles. The average Bonchev–Trinajstić information content (AvgIpc) is 2.86. The Morgan fingerprint density at radius 1 is 0.818 bits per heavy atom. The molecule has 7 heteroatoms. The van der Waals surface area contributed by atoms with Crippen molar-refractivity contribution in [2.75, 3.05) is 0 Å². The van der Waals surface area contributed by atoms with Gasteiger partial charge in [0, 0.05) is 9.81 Å². The molecule has 0 amide bonds. The van der Waals surface area contributed by atoms with Gasteiger partial charge in [0.25, 0.3) is 0 Å². The largest absolute Gasteiger partial charge is 0.370 e. The molecule has 0 aliphatic carbocycles. The highest BCUT2D eigenvalue weighted by Gasteiger charge is 2.46. The summed E-state index contributed by atoms with van der Waals surface area (Å²) in [4.78, 5) is 4.16. The summed E-state index contributed by atoms with van der Waals surface area (Å²) in [6, 6.07) is 29.5. The smallest absolute Gasteiger partial charge is 0.136 e. The lowest BCUT2D eigenvalue weighted by Gasteiger charge is -2.43. The van der Waals surface area contributed by atoms with Crippen molar-refractivity contribution in [3.05, 3.63) is 113 Å². The van der Waals surface area contributed by atoms with Gasteiger partial charge < -0.3 is 14.2 Å². The summed E-state index contributed by atoms with van der Waals surface area (Å²) in [6.07, 6.45) is -1.22. The normalized spacial score (nSPS) is 24.7. The second kappa shape index (κ2) is 11.9. The van der Waals surface area contributed by atoms with E-state index < -0.39 is 18.2 Å². The van der Waals surface area contributed by atoms with Crippen LogP contribution in [0.2, 0.25) is 0 Å². The van der Waals surface area contributed by atoms with E-state index in [1.165, 1.54) is 0 Å². The first-order valence-electron chi connectivity index (χ1n) is 11.0. The van der Waals surface area contributed by atoms with E-state index in [9.17, 15) is 5.53 Å². The first-order valence-corrected chi connectivity index (χ1v) is 11.8. The SMILES string of the molecule is C[C@H]1O[C@@H](Sc2ccccc2)[C@H](OCc2ccccc2)[C@@H](OCc2ccccc2)[C@@H]1N=[N+]=[N-]. The minimum Gasteiger partial charge on any atom is -0.370 e. The maximum Gasteiger partial charge on any atom is 0.136 e. The molecule has 6 nitrogen and oxygen atoms in total.